The predicted molar refractivity (Wildman–Crippen MR) is 79.4 cm³/mol. The minimum atomic E-state index is -0.524. The summed E-state index contributed by atoms with van der Waals surface area (Å²) in [5.41, 5.74) is 1.15. The van der Waals surface area contributed by atoms with Crippen LogP contribution in [-0.2, 0) is 16.0 Å². The van der Waals surface area contributed by atoms with Gasteiger partial charge in [-0.2, -0.15) is 0 Å². The standard InChI is InChI=1S/C16H20N2O3/c1-2-15(20)17-9-16(21)18-10-13(14(19)11-18)8-12-6-4-3-5-7-12/h2-7,13-14,19H,1,8-11H2,(H,17,20)/t13-,14-/m1/s1. The van der Waals surface area contributed by atoms with E-state index in [-0.39, 0.29) is 24.3 Å². The number of aliphatic hydroxyl groups is 1. The number of hydrogen-bond acceptors (Lipinski definition) is 3. The van der Waals surface area contributed by atoms with Crippen LogP contribution in [0.1, 0.15) is 5.56 Å². The predicted octanol–water partition coefficient (Wildman–Crippen LogP) is 0.351. The van der Waals surface area contributed by atoms with E-state index in [4.69, 9.17) is 0 Å². The zero-order valence-corrected chi connectivity index (χ0v) is 11.9. The van der Waals surface area contributed by atoms with Crippen molar-refractivity contribution in [3.8, 4) is 0 Å². The molecule has 21 heavy (non-hydrogen) atoms. The van der Waals surface area contributed by atoms with Crippen LogP contribution in [0.5, 0.6) is 0 Å². The Balaban J connectivity index is 1.87. The van der Waals surface area contributed by atoms with Crippen molar-refractivity contribution >= 4 is 11.8 Å². The number of amides is 2. The molecule has 0 radical (unpaired) electrons. The van der Waals surface area contributed by atoms with Crippen molar-refractivity contribution in [2.45, 2.75) is 12.5 Å². The molecule has 112 valence electrons. The van der Waals surface area contributed by atoms with E-state index in [0.29, 0.717) is 13.1 Å². The largest absolute Gasteiger partial charge is 0.391 e. The maximum absolute atomic E-state index is 12.0. The maximum Gasteiger partial charge on any atom is 0.243 e. The number of likely N-dealkylation sites (tertiary alicyclic amines) is 1. The summed E-state index contributed by atoms with van der Waals surface area (Å²) < 4.78 is 0. The molecule has 1 fully saturated rings. The molecule has 0 aliphatic carbocycles. The minimum Gasteiger partial charge on any atom is -0.391 e. The summed E-state index contributed by atoms with van der Waals surface area (Å²) in [5, 5.41) is 12.6. The van der Waals surface area contributed by atoms with Crippen LogP contribution in [0.25, 0.3) is 0 Å². The van der Waals surface area contributed by atoms with Crippen molar-refractivity contribution in [3.05, 3.63) is 48.6 Å². The average Bonchev–Trinajstić information content (AvgIpc) is 2.86. The Bertz CT molecular complexity index is 516. The molecule has 0 aromatic heterocycles. The van der Waals surface area contributed by atoms with Gasteiger partial charge in [0.2, 0.25) is 11.8 Å². The third-order valence-electron chi connectivity index (χ3n) is 3.70. The molecule has 1 saturated heterocycles. The third kappa shape index (κ3) is 4.16. The van der Waals surface area contributed by atoms with Gasteiger partial charge in [-0.15, -0.1) is 0 Å². The fourth-order valence-corrected chi connectivity index (χ4v) is 2.52. The molecule has 0 unspecified atom stereocenters. The van der Waals surface area contributed by atoms with Gasteiger partial charge in [-0.3, -0.25) is 9.59 Å². The molecule has 5 nitrogen and oxygen atoms in total. The maximum atomic E-state index is 12.0. The van der Waals surface area contributed by atoms with Gasteiger partial charge in [0.15, 0.2) is 0 Å². The quantitative estimate of drug-likeness (QED) is 0.768. The van der Waals surface area contributed by atoms with Crippen LogP contribution in [0.3, 0.4) is 0 Å². The van der Waals surface area contributed by atoms with Gasteiger partial charge in [-0.1, -0.05) is 36.9 Å². The molecule has 1 aromatic rings. The monoisotopic (exact) mass is 288 g/mol. The molecule has 2 amide bonds. The molecule has 0 spiro atoms. The Morgan fingerprint density at radius 2 is 2.05 bits per heavy atom. The second-order valence-corrected chi connectivity index (χ2v) is 5.24. The van der Waals surface area contributed by atoms with E-state index in [1.54, 1.807) is 4.90 Å². The zero-order chi connectivity index (χ0) is 15.2. The molecule has 1 aliphatic rings. The first-order chi connectivity index (χ1) is 10.1. The van der Waals surface area contributed by atoms with Crippen LogP contribution in [0, 0.1) is 5.92 Å². The van der Waals surface area contributed by atoms with Gasteiger partial charge in [0.05, 0.1) is 12.6 Å². The lowest BCUT2D eigenvalue weighted by atomic mass is 9.97. The lowest BCUT2D eigenvalue weighted by molar-refractivity contribution is -0.131. The molecule has 2 atom stereocenters. The molecule has 5 heteroatoms. The Morgan fingerprint density at radius 1 is 1.33 bits per heavy atom. The van der Waals surface area contributed by atoms with E-state index in [2.05, 4.69) is 11.9 Å². The second-order valence-electron chi connectivity index (χ2n) is 5.24. The van der Waals surface area contributed by atoms with Crippen LogP contribution < -0.4 is 5.32 Å². The van der Waals surface area contributed by atoms with Crippen molar-refractivity contribution in [2.75, 3.05) is 19.6 Å². The molecule has 2 rings (SSSR count). The van der Waals surface area contributed by atoms with Gasteiger partial charge >= 0.3 is 0 Å². The highest BCUT2D eigenvalue weighted by Crippen LogP contribution is 2.21. The topological polar surface area (TPSA) is 69.6 Å². The fourth-order valence-electron chi connectivity index (χ4n) is 2.52. The summed E-state index contributed by atoms with van der Waals surface area (Å²) in [6.07, 6.45) is 1.35. The fraction of sp³-hybridized carbons (Fsp3) is 0.375. The summed E-state index contributed by atoms with van der Waals surface area (Å²) in [6.45, 7) is 4.10. The van der Waals surface area contributed by atoms with Crippen molar-refractivity contribution in [1.29, 1.82) is 0 Å². The number of carbonyl (C=O) groups is 2. The molecule has 2 N–H and O–H groups in total. The van der Waals surface area contributed by atoms with E-state index in [9.17, 15) is 14.7 Å². The number of benzene rings is 1. The Kier molecular flexibility index (Phi) is 5.11. The number of hydrogen-bond donors (Lipinski definition) is 2. The van der Waals surface area contributed by atoms with Gasteiger partial charge in [-0.25, -0.2) is 0 Å². The second kappa shape index (κ2) is 7.04. The van der Waals surface area contributed by atoms with Crippen molar-refractivity contribution in [3.63, 3.8) is 0 Å². The number of nitrogens with zero attached hydrogens (tertiary/aromatic N) is 1. The average molecular weight is 288 g/mol. The van der Waals surface area contributed by atoms with Crippen LogP contribution in [-0.4, -0.2) is 47.6 Å². The van der Waals surface area contributed by atoms with Crippen molar-refractivity contribution in [2.24, 2.45) is 5.92 Å². The number of carbonyl (C=O) groups excluding carboxylic acids is 2. The highest BCUT2D eigenvalue weighted by Gasteiger charge is 2.33. The smallest absolute Gasteiger partial charge is 0.243 e. The van der Waals surface area contributed by atoms with E-state index >= 15 is 0 Å². The van der Waals surface area contributed by atoms with E-state index in [1.165, 1.54) is 0 Å². The van der Waals surface area contributed by atoms with E-state index in [0.717, 1.165) is 18.1 Å². The Morgan fingerprint density at radius 3 is 2.71 bits per heavy atom. The normalized spacial score (nSPS) is 21.1. The van der Waals surface area contributed by atoms with Gasteiger partial charge in [-0.05, 0) is 18.1 Å². The summed E-state index contributed by atoms with van der Waals surface area (Å²) in [4.78, 5) is 24.6. The highest BCUT2D eigenvalue weighted by molar-refractivity contribution is 5.90. The Hall–Kier alpha value is -2.14. The van der Waals surface area contributed by atoms with Crippen LogP contribution >= 0.6 is 0 Å². The molecule has 0 bridgehead atoms. The third-order valence-corrected chi connectivity index (χ3v) is 3.70. The minimum absolute atomic E-state index is 0.0338. The molecular formula is C16H20N2O3. The van der Waals surface area contributed by atoms with E-state index < -0.39 is 6.10 Å². The summed E-state index contributed by atoms with van der Waals surface area (Å²) in [6, 6.07) is 9.91. The first kappa shape index (κ1) is 15.3. The van der Waals surface area contributed by atoms with E-state index in [1.807, 2.05) is 30.3 Å². The molecular weight excluding hydrogens is 268 g/mol. The number of aliphatic hydroxyl groups excluding tert-OH is 1. The van der Waals surface area contributed by atoms with Crippen molar-refractivity contribution < 1.29 is 14.7 Å². The number of rotatable bonds is 5. The van der Waals surface area contributed by atoms with Gasteiger partial charge in [0, 0.05) is 19.0 Å². The molecule has 1 aliphatic heterocycles. The first-order valence-electron chi connectivity index (χ1n) is 7.00. The van der Waals surface area contributed by atoms with Crippen molar-refractivity contribution in [1.82, 2.24) is 10.2 Å². The van der Waals surface area contributed by atoms with Crippen LogP contribution in [0.4, 0.5) is 0 Å². The molecule has 1 heterocycles. The summed E-state index contributed by atoms with van der Waals surface area (Å²) >= 11 is 0. The highest BCUT2D eigenvalue weighted by atomic mass is 16.3. The first-order valence-corrected chi connectivity index (χ1v) is 7.00. The molecule has 0 saturated carbocycles. The molecule has 1 aromatic carbocycles. The lowest BCUT2D eigenvalue weighted by Crippen LogP contribution is -2.39. The van der Waals surface area contributed by atoms with Crippen LogP contribution in [0.2, 0.25) is 0 Å². The SMILES string of the molecule is C=CC(=O)NCC(=O)N1C[C@@H](Cc2ccccc2)[C@H](O)C1. The van der Waals surface area contributed by atoms with Gasteiger partial charge < -0.3 is 15.3 Å². The van der Waals surface area contributed by atoms with Gasteiger partial charge in [0.1, 0.15) is 0 Å². The lowest BCUT2D eigenvalue weighted by Gasteiger charge is -2.16. The number of β-amino-alcohol motifs (C(OH)–C–C–N with tert-alkyl or cyclic N) is 1. The number of nitrogens with one attached hydrogen (secondary N) is 1. The van der Waals surface area contributed by atoms with Crippen LogP contribution in [0.15, 0.2) is 43.0 Å². The Labute approximate surface area is 124 Å². The summed E-state index contributed by atoms with van der Waals surface area (Å²) in [5.74, 6) is -0.518. The van der Waals surface area contributed by atoms with Gasteiger partial charge in [0.25, 0.3) is 0 Å². The summed E-state index contributed by atoms with van der Waals surface area (Å²) in [7, 11) is 0. The zero-order valence-electron chi connectivity index (χ0n) is 11.9.